The van der Waals surface area contributed by atoms with Gasteiger partial charge in [-0.1, -0.05) is 18.2 Å². The van der Waals surface area contributed by atoms with Gasteiger partial charge >= 0.3 is 0 Å². The third-order valence-corrected chi connectivity index (χ3v) is 4.91. The number of hydrogen-bond acceptors (Lipinski definition) is 5. The average molecular weight is 382 g/mol. The largest absolute Gasteiger partial charge is 0.484 e. The van der Waals surface area contributed by atoms with Gasteiger partial charge in [0, 0.05) is 37.2 Å². The van der Waals surface area contributed by atoms with E-state index < -0.39 is 0 Å². The van der Waals surface area contributed by atoms with Gasteiger partial charge in [0.2, 0.25) is 12.7 Å². The first-order valence-electron chi connectivity index (χ1n) is 9.25. The molecule has 2 aliphatic heterocycles. The summed E-state index contributed by atoms with van der Waals surface area (Å²) in [5, 5.41) is 2.86. The van der Waals surface area contributed by atoms with Crippen LogP contribution in [0.5, 0.6) is 17.2 Å². The minimum atomic E-state index is -0.197. The highest BCUT2D eigenvalue weighted by molar-refractivity contribution is 5.96. The molecule has 2 aromatic rings. The van der Waals surface area contributed by atoms with Crippen LogP contribution in [0.25, 0.3) is 0 Å². The molecule has 2 amide bonds. The molecule has 2 heterocycles. The molecular weight excluding hydrogens is 360 g/mol. The smallest absolute Gasteiger partial charge is 0.257 e. The number of carbonyl (C=O) groups excluding carboxylic acids is 2. The van der Waals surface area contributed by atoms with E-state index in [0.29, 0.717) is 36.8 Å². The highest BCUT2D eigenvalue weighted by Gasteiger charge is 2.31. The number of amides is 2. The maximum absolute atomic E-state index is 12.4. The van der Waals surface area contributed by atoms with E-state index in [2.05, 4.69) is 5.32 Å². The molecule has 1 atom stereocenters. The van der Waals surface area contributed by atoms with Gasteiger partial charge in [-0.3, -0.25) is 9.59 Å². The number of para-hydroxylation sites is 1. The Kier molecular flexibility index (Phi) is 5.06. The van der Waals surface area contributed by atoms with Gasteiger partial charge in [-0.25, -0.2) is 0 Å². The number of hydrogen-bond donors (Lipinski definition) is 1. The van der Waals surface area contributed by atoms with Crippen molar-refractivity contribution in [1.29, 1.82) is 0 Å². The summed E-state index contributed by atoms with van der Waals surface area (Å²) in [5.74, 6) is 1.93. The first-order chi connectivity index (χ1) is 13.6. The monoisotopic (exact) mass is 382 g/mol. The maximum atomic E-state index is 12.4. The first-order valence-corrected chi connectivity index (χ1v) is 9.25. The van der Waals surface area contributed by atoms with Crippen LogP contribution < -0.4 is 24.4 Å². The van der Waals surface area contributed by atoms with E-state index in [1.807, 2.05) is 49.4 Å². The number of aryl methyl sites for hydroxylation is 1. The standard InChI is InChI=1S/C21H22N2O5/c1-14-4-2-3-5-17(14)26-12-20(24)22-10-15-8-21(25)23(11-15)16-6-7-18-19(9-16)28-13-27-18/h2-7,9,15H,8,10-13H2,1H3,(H,22,24)/t15-/m1/s1. The summed E-state index contributed by atoms with van der Waals surface area (Å²) < 4.78 is 16.2. The zero-order valence-corrected chi connectivity index (χ0v) is 15.6. The molecule has 0 aromatic heterocycles. The molecule has 7 nitrogen and oxygen atoms in total. The Morgan fingerprint density at radius 3 is 2.89 bits per heavy atom. The Labute approximate surface area is 163 Å². The Hall–Kier alpha value is -3.22. The molecular formula is C21H22N2O5. The molecule has 1 N–H and O–H groups in total. The summed E-state index contributed by atoms with van der Waals surface area (Å²) >= 11 is 0. The molecule has 2 aromatic carbocycles. The van der Waals surface area contributed by atoms with Crippen LogP contribution in [0, 0.1) is 12.8 Å². The molecule has 4 rings (SSSR count). The van der Waals surface area contributed by atoms with Gasteiger partial charge in [-0.05, 0) is 30.7 Å². The predicted octanol–water partition coefficient (Wildman–Crippen LogP) is 2.27. The maximum Gasteiger partial charge on any atom is 0.257 e. The lowest BCUT2D eigenvalue weighted by atomic mass is 10.1. The van der Waals surface area contributed by atoms with Crippen molar-refractivity contribution in [3.05, 3.63) is 48.0 Å². The van der Waals surface area contributed by atoms with Crippen LogP contribution in [0.1, 0.15) is 12.0 Å². The van der Waals surface area contributed by atoms with Crippen molar-refractivity contribution in [3.8, 4) is 17.2 Å². The fourth-order valence-electron chi connectivity index (χ4n) is 3.39. The van der Waals surface area contributed by atoms with E-state index in [9.17, 15) is 9.59 Å². The van der Waals surface area contributed by atoms with Crippen LogP contribution in [-0.2, 0) is 9.59 Å². The molecule has 1 saturated heterocycles. The summed E-state index contributed by atoms with van der Waals surface area (Å²) in [6.45, 7) is 3.08. The number of rotatable bonds is 6. The number of nitrogens with zero attached hydrogens (tertiary/aromatic N) is 1. The molecule has 0 spiro atoms. The summed E-state index contributed by atoms with van der Waals surface area (Å²) in [4.78, 5) is 26.2. The first kappa shape index (κ1) is 18.2. The summed E-state index contributed by atoms with van der Waals surface area (Å²) in [6.07, 6.45) is 0.396. The van der Waals surface area contributed by atoms with Crippen molar-refractivity contribution in [2.75, 3.05) is 31.4 Å². The molecule has 0 aliphatic carbocycles. The van der Waals surface area contributed by atoms with Gasteiger partial charge in [0.25, 0.3) is 5.91 Å². The SMILES string of the molecule is Cc1ccccc1OCC(=O)NC[C@H]1CC(=O)N(c2ccc3c(c2)OCO3)C1. The topological polar surface area (TPSA) is 77.1 Å². The zero-order valence-electron chi connectivity index (χ0n) is 15.6. The summed E-state index contributed by atoms with van der Waals surface area (Å²) in [7, 11) is 0. The quantitative estimate of drug-likeness (QED) is 0.829. The molecule has 0 bridgehead atoms. The van der Waals surface area contributed by atoms with Gasteiger partial charge in [-0.2, -0.15) is 0 Å². The average Bonchev–Trinajstić information content (AvgIpc) is 3.31. The van der Waals surface area contributed by atoms with Crippen molar-refractivity contribution >= 4 is 17.5 Å². The minimum absolute atomic E-state index is 0.0364. The Morgan fingerprint density at radius 1 is 1.21 bits per heavy atom. The van der Waals surface area contributed by atoms with Crippen LogP contribution in [0.15, 0.2) is 42.5 Å². The second kappa shape index (κ2) is 7.80. The lowest BCUT2D eigenvalue weighted by Gasteiger charge is -2.17. The molecule has 0 saturated carbocycles. The summed E-state index contributed by atoms with van der Waals surface area (Å²) in [6, 6.07) is 13.0. The van der Waals surface area contributed by atoms with Gasteiger partial charge in [-0.15, -0.1) is 0 Å². The molecule has 146 valence electrons. The normalized spacial score (nSPS) is 17.7. The van der Waals surface area contributed by atoms with Gasteiger partial charge in [0.05, 0.1) is 0 Å². The van der Waals surface area contributed by atoms with E-state index in [1.54, 1.807) is 4.90 Å². The number of carbonyl (C=O) groups is 2. The number of benzene rings is 2. The van der Waals surface area contributed by atoms with Gasteiger partial charge < -0.3 is 24.4 Å². The van der Waals surface area contributed by atoms with Crippen LogP contribution in [0.3, 0.4) is 0 Å². The second-order valence-electron chi connectivity index (χ2n) is 6.97. The third-order valence-electron chi connectivity index (χ3n) is 4.91. The molecule has 2 aliphatic rings. The third kappa shape index (κ3) is 3.88. The Bertz CT molecular complexity index is 898. The van der Waals surface area contributed by atoms with Crippen molar-refractivity contribution in [1.82, 2.24) is 5.32 Å². The molecule has 1 fully saturated rings. The lowest BCUT2D eigenvalue weighted by Crippen LogP contribution is -2.34. The van der Waals surface area contributed by atoms with Crippen LogP contribution in [0.2, 0.25) is 0 Å². The Morgan fingerprint density at radius 2 is 2.04 bits per heavy atom. The van der Waals surface area contributed by atoms with E-state index in [0.717, 1.165) is 11.3 Å². The van der Waals surface area contributed by atoms with E-state index in [4.69, 9.17) is 14.2 Å². The van der Waals surface area contributed by atoms with Crippen molar-refractivity contribution < 1.29 is 23.8 Å². The lowest BCUT2D eigenvalue weighted by molar-refractivity contribution is -0.123. The number of fused-ring (bicyclic) bond motifs is 1. The van der Waals surface area contributed by atoms with E-state index in [1.165, 1.54) is 0 Å². The number of ether oxygens (including phenoxy) is 3. The van der Waals surface area contributed by atoms with E-state index in [-0.39, 0.29) is 31.1 Å². The highest BCUT2D eigenvalue weighted by atomic mass is 16.7. The number of nitrogens with one attached hydrogen (secondary N) is 1. The highest BCUT2D eigenvalue weighted by Crippen LogP contribution is 2.37. The van der Waals surface area contributed by atoms with E-state index >= 15 is 0 Å². The Balaban J connectivity index is 1.27. The van der Waals surface area contributed by atoms with Crippen molar-refractivity contribution in [2.24, 2.45) is 5.92 Å². The fourth-order valence-corrected chi connectivity index (χ4v) is 3.39. The molecule has 7 heteroatoms. The number of anilines is 1. The van der Waals surface area contributed by atoms with Crippen LogP contribution in [0.4, 0.5) is 5.69 Å². The molecule has 0 unspecified atom stereocenters. The van der Waals surface area contributed by atoms with Crippen LogP contribution >= 0.6 is 0 Å². The van der Waals surface area contributed by atoms with Gasteiger partial charge in [0.15, 0.2) is 18.1 Å². The predicted molar refractivity (Wildman–Crippen MR) is 103 cm³/mol. The second-order valence-corrected chi connectivity index (χ2v) is 6.97. The molecule has 28 heavy (non-hydrogen) atoms. The van der Waals surface area contributed by atoms with Crippen LogP contribution in [-0.4, -0.2) is 38.3 Å². The zero-order chi connectivity index (χ0) is 19.5. The van der Waals surface area contributed by atoms with Gasteiger partial charge in [0.1, 0.15) is 5.75 Å². The van der Waals surface area contributed by atoms with Crippen molar-refractivity contribution in [3.63, 3.8) is 0 Å². The van der Waals surface area contributed by atoms with Crippen molar-refractivity contribution in [2.45, 2.75) is 13.3 Å². The molecule has 0 radical (unpaired) electrons. The fraction of sp³-hybridized carbons (Fsp3) is 0.333. The summed E-state index contributed by atoms with van der Waals surface area (Å²) in [5.41, 5.74) is 1.77. The minimum Gasteiger partial charge on any atom is -0.484 e.